The van der Waals surface area contributed by atoms with E-state index in [1.807, 2.05) is 6.92 Å². The third kappa shape index (κ3) is 3.17. The van der Waals surface area contributed by atoms with E-state index in [1.54, 1.807) is 18.2 Å². The molecule has 2 aliphatic carbocycles. The summed E-state index contributed by atoms with van der Waals surface area (Å²) in [6, 6.07) is 4.97. The molecule has 0 radical (unpaired) electrons. The molecule has 1 aromatic carbocycles. The lowest BCUT2D eigenvalue weighted by molar-refractivity contribution is -0.116. The summed E-state index contributed by atoms with van der Waals surface area (Å²) in [6.07, 6.45) is 4.41. The summed E-state index contributed by atoms with van der Waals surface area (Å²) in [7, 11) is 0. The van der Waals surface area contributed by atoms with Crippen molar-refractivity contribution in [1.29, 1.82) is 0 Å². The lowest BCUT2D eigenvalue weighted by atomic mass is 9.76. The highest BCUT2D eigenvalue weighted by atomic mass is 35.5. The zero-order chi connectivity index (χ0) is 18.4. The number of hydrogen-bond donors (Lipinski definition) is 2. The molecule has 1 atom stereocenters. The SMILES string of the molecule is CC1=C(C(=O)Nc2cc(Cl)ccc2Cl)C(C2CC2)C2=C(CCCC2=O)N1. The second kappa shape index (κ2) is 6.75. The number of amides is 1. The number of allylic oxidation sites excluding steroid dienone is 3. The van der Waals surface area contributed by atoms with E-state index in [0.717, 1.165) is 42.7 Å². The second-order valence-corrected chi connectivity index (χ2v) is 8.07. The van der Waals surface area contributed by atoms with Gasteiger partial charge in [0.15, 0.2) is 5.78 Å². The molecule has 2 N–H and O–H groups in total. The van der Waals surface area contributed by atoms with Crippen LogP contribution in [0.3, 0.4) is 0 Å². The van der Waals surface area contributed by atoms with Crippen LogP contribution in [0, 0.1) is 11.8 Å². The van der Waals surface area contributed by atoms with Gasteiger partial charge in [-0.3, -0.25) is 9.59 Å². The van der Waals surface area contributed by atoms with Crippen molar-refractivity contribution in [2.24, 2.45) is 11.8 Å². The van der Waals surface area contributed by atoms with Gasteiger partial charge in [-0.05, 0) is 56.7 Å². The molecular formula is C20H20Cl2N2O2. The number of ketones is 1. The monoisotopic (exact) mass is 390 g/mol. The van der Waals surface area contributed by atoms with Crippen molar-refractivity contribution >= 4 is 40.6 Å². The number of benzene rings is 1. The van der Waals surface area contributed by atoms with Crippen LogP contribution in [0.4, 0.5) is 5.69 Å². The van der Waals surface area contributed by atoms with Gasteiger partial charge in [0.05, 0.1) is 10.7 Å². The van der Waals surface area contributed by atoms with E-state index in [9.17, 15) is 9.59 Å². The third-order valence-electron chi connectivity index (χ3n) is 5.34. The molecule has 4 nitrogen and oxygen atoms in total. The highest BCUT2D eigenvalue weighted by Crippen LogP contribution is 2.49. The Kier molecular flexibility index (Phi) is 4.57. The van der Waals surface area contributed by atoms with Gasteiger partial charge < -0.3 is 10.6 Å². The van der Waals surface area contributed by atoms with Crippen LogP contribution in [0.1, 0.15) is 39.0 Å². The number of Topliss-reactive ketones (excluding diaryl/α,β-unsaturated/α-hetero) is 1. The van der Waals surface area contributed by atoms with Crippen molar-refractivity contribution in [2.45, 2.75) is 39.0 Å². The molecule has 6 heteroatoms. The number of rotatable bonds is 3. The molecule has 0 spiro atoms. The van der Waals surface area contributed by atoms with Crippen molar-refractivity contribution < 1.29 is 9.59 Å². The molecule has 4 rings (SSSR count). The fourth-order valence-corrected chi connectivity index (χ4v) is 4.36. The smallest absolute Gasteiger partial charge is 0.254 e. The van der Waals surface area contributed by atoms with Crippen LogP contribution in [0.2, 0.25) is 10.0 Å². The number of anilines is 1. The van der Waals surface area contributed by atoms with Gasteiger partial charge in [-0.15, -0.1) is 0 Å². The molecule has 136 valence electrons. The molecule has 1 aromatic rings. The average Bonchev–Trinajstić information content (AvgIpc) is 3.42. The predicted molar refractivity (Wildman–Crippen MR) is 103 cm³/mol. The van der Waals surface area contributed by atoms with E-state index in [1.165, 1.54) is 0 Å². The number of carbonyl (C=O) groups is 2. The minimum atomic E-state index is -0.221. The van der Waals surface area contributed by atoms with Crippen molar-refractivity contribution in [3.05, 3.63) is 50.8 Å². The second-order valence-electron chi connectivity index (χ2n) is 7.23. The Morgan fingerprint density at radius 2 is 2.00 bits per heavy atom. The van der Waals surface area contributed by atoms with Crippen LogP contribution < -0.4 is 10.6 Å². The van der Waals surface area contributed by atoms with E-state index >= 15 is 0 Å². The largest absolute Gasteiger partial charge is 0.362 e. The fourth-order valence-electron chi connectivity index (χ4n) is 4.02. The van der Waals surface area contributed by atoms with Crippen LogP contribution in [0.25, 0.3) is 0 Å². The predicted octanol–water partition coefficient (Wildman–Crippen LogP) is 4.84. The molecule has 1 unspecified atom stereocenters. The van der Waals surface area contributed by atoms with Gasteiger partial charge in [0.2, 0.25) is 0 Å². The minimum absolute atomic E-state index is 0.114. The topological polar surface area (TPSA) is 58.2 Å². The molecule has 1 aliphatic heterocycles. The van der Waals surface area contributed by atoms with Crippen LogP contribution in [-0.2, 0) is 9.59 Å². The molecule has 1 fully saturated rings. The Bertz CT molecular complexity index is 869. The summed E-state index contributed by atoms with van der Waals surface area (Å²) >= 11 is 12.2. The Balaban J connectivity index is 1.69. The Hall–Kier alpha value is -1.78. The molecule has 0 aromatic heterocycles. The molecular weight excluding hydrogens is 371 g/mol. The summed E-state index contributed by atoms with van der Waals surface area (Å²) < 4.78 is 0. The first kappa shape index (κ1) is 17.6. The zero-order valence-corrected chi connectivity index (χ0v) is 16.0. The molecule has 0 saturated heterocycles. The third-order valence-corrected chi connectivity index (χ3v) is 5.90. The van der Waals surface area contributed by atoms with Gasteiger partial charge in [-0.25, -0.2) is 0 Å². The van der Waals surface area contributed by atoms with Gasteiger partial charge in [0, 0.05) is 39.9 Å². The molecule has 0 bridgehead atoms. The average molecular weight is 391 g/mol. The van der Waals surface area contributed by atoms with Gasteiger partial charge in [0.1, 0.15) is 0 Å². The van der Waals surface area contributed by atoms with Gasteiger partial charge in [-0.2, -0.15) is 0 Å². The Labute approximate surface area is 162 Å². The summed E-state index contributed by atoms with van der Waals surface area (Å²) in [4.78, 5) is 25.7. The summed E-state index contributed by atoms with van der Waals surface area (Å²) in [5, 5.41) is 7.14. The molecule has 3 aliphatic rings. The lowest BCUT2D eigenvalue weighted by Gasteiger charge is -2.34. The first-order valence-corrected chi connectivity index (χ1v) is 9.71. The van der Waals surface area contributed by atoms with Gasteiger partial charge in [-0.1, -0.05) is 23.2 Å². The van der Waals surface area contributed by atoms with E-state index in [-0.39, 0.29) is 17.6 Å². The van der Waals surface area contributed by atoms with Crippen molar-refractivity contribution in [3.8, 4) is 0 Å². The molecule has 1 heterocycles. The molecule has 1 saturated carbocycles. The summed E-state index contributed by atoms with van der Waals surface area (Å²) in [5.41, 5.74) is 3.79. The Morgan fingerprint density at radius 1 is 1.23 bits per heavy atom. The first-order chi connectivity index (χ1) is 12.5. The maximum absolute atomic E-state index is 13.1. The quantitative estimate of drug-likeness (QED) is 0.775. The standard InChI is InChI=1S/C20H20Cl2N2O2/c1-10-17(20(26)24-15-9-12(21)7-8-13(15)22)18(11-5-6-11)19-14(23-10)3-2-4-16(19)25/h7-9,11,18,23H,2-6H2,1H3,(H,24,26). The van der Waals surface area contributed by atoms with Crippen molar-refractivity contribution in [1.82, 2.24) is 5.32 Å². The maximum atomic E-state index is 13.1. The number of halogens is 2. The maximum Gasteiger partial charge on any atom is 0.254 e. The van der Waals surface area contributed by atoms with Crippen LogP contribution in [0.5, 0.6) is 0 Å². The zero-order valence-electron chi connectivity index (χ0n) is 14.5. The van der Waals surface area contributed by atoms with Crippen LogP contribution in [0.15, 0.2) is 40.7 Å². The van der Waals surface area contributed by atoms with E-state index in [0.29, 0.717) is 33.6 Å². The first-order valence-electron chi connectivity index (χ1n) is 8.96. The van der Waals surface area contributed by atoms with E-state index < -0.39 is 0 Å². The summed E-state index contributed by atoms with van der Waals surface area (Å²) in [6.45, 7) is 1.91. The van der Waals surface area contributed by atoms with Gasteiger partial charge in [0.25, 0.3) is 5.91 Å². The Morgan fingerprint density at radius 3 is 2.73 bits per heavy atom. The normalized spacial score (nSPS) is 22.9. The van der Waals surface area contributed by atoms with Gasteiger partial charge >= 0.3 is 0 Å². The number of dihydropyridines is 1. The van der Waals surface area contributed by atoms with E-state index in [4.69, 9.17) is 23.2 Å². The number of hydrogen-bond acceptors (Lipinski definition) is 3. The van der Waals surface area contributed by atoms with Crippen LogP contribution >= 0.6 is 23.2 Å². The van der Waals surface area contributed by atoms with Crippen molar-refractivity contribution in [2.75, 3.05) is 5.32 Å². The lowest BCUT2D eigenvalue weighted by Crippen LogP contribution is -2.37. The number of carbonyl (C=O) groups excluding carboxylic acids is 2. The highest BCUT2D eigenvalue weighted by Gasteiger charge is 2.45. The fraction of sp³-hybridized carbons (Fsp3) is 0.400. The van der Waals surface area contributed by atoms with Crippen LogP contribution in [-0.4, -0.2) is 11.7 Å². The summed E-state index contributed by atoms with van der Waals surface area (Å²) in [5.74, 6) is 0.210. The minimum Gasteiger partial charge on any atom is -0.362 e. The number of nitrogens with one attached hydrogen (secondary N) is 2. The molecule has 1 amide bonds. The molecule has 26 heavy (non-hydrogen) atoms. The van der Waals surface area contributed by atoms with E-state index in [2.05, 4.69) is 10.6 Å². The highest BCUT2D eigenvalue weighted by molar-refractivity contribution is 6.36. The van der Waals surface area contributed by atoms with Crippen molar-refractivity contribution in [3.63, 3.8) is 0 Å².